The monoisotopic (exact) mass is 226 g/mol. The Bertz CT molecular complexity index is 246. The lowest BCUT2D eigenvalue weighted by Gasteiger charge is -2.26. The third-order valence-electron chi connectivity index (χ3n) is 2.58. The highest BCUT2D eigenvalue weighted by atomic mass is 16.5. The van der Waals surface area contributed by atoms with Crippen LogP contribution in [0, 0.1) is 11.3 Å². The molecule has 1 amide bonds. The smallest absolute Gasteiger partial charge is 0.222 e. The third kappa shape index (κ3) is 5.72. The lowest BCUT2D eigenvalue weighted by molar-refractivity contribution is -0.133. The fraction of sp³-hybridized carbons (Fsp3) is 0.833. The van der Waals surface area contributed by atoms with Crippen LogP contribution >= 0.6 is 0 Å². The number of rotatable bonds is 7. The van der Waals surface area contributed by atoms with E-state index >= 15 is 0 Å². The maximum absolute atomic E-state index is 11.9. The molecule has 0 rings (SSSR count). The minimum Gasteiger partial charge on any atom is -0.382 e. The van der Waals surface area contributed by atoms with Gasteiger partial charge in [0.25, 0.3) is 0 Å². The van der Waals surface area contributed by atoms with Crippen LogP contribution in [-0.2, 0) is 9.53 Å². The number of carbonyl (C=O) groups is 1. The number of ether oxygens (including phenoxy) is 1. The van der Waals surface area contributed by atoms with Crippen LogP contribution in [-0.4, -0.2) is 36.6 Å². The number of amides is 1. The van der Waals surface area contributed by atoms with E-state index in [1.807, 2.05) is 20.8 Å². The number of nitrogens with zero attached hydrogens (tertiary/aromatic N) is 2. The SMILES string of the molecule is COC(C)CCC(=O)N(CCC#N)C(C)C. The highest BCUT2D eigenvalue weighted by molar-refractivity contribution is 5.76. The Labute approximate surface area is 98.2 Å². The second kappa shape index (κ2) is 8.12. The number of carbonyl (C=O) groups excluding carboxylic acids is 1. The molecule has 1 unspecified atom stereocenters. The zero-order valence-corrected chi connectivity index (χ0v) is 10.7. The molecule has 0 aliphatic heterocycles. The minimum absolute atomic E-state index is 0.105. The van der Waals surface area contributed by atoms with Gasteiger partial charge >= 0.3 is 0 Å². The molecule has 4 nitrogen and oxygen atoms in total. The first-order chi connectivity index (χ1) is 7.52. The molecule has 0 saturated heterocycles. The van der Waals surface area contributed by atoms with Crippen LogP contribution in [0.2, 0.25) is 0 Å². The van der Waals surface area contributed by atoms with Crippen LogP contribution in [0.3, 0.4) is 0 Å². The van der Waals surface area contributed by atoms with Gasteiger partial charge < -0.3 is 9.64 Å². The van der Waals surface area contributed by atoms with Crippen LogP contribution in [0.5, 0.6) is 0 Å². The van der Waals surface area contributed by atoms with E-state index in [2.05, 4.69) is 6.07 Å². The molecular formula is C12H22N2O2. The van der Waals surface area contributed by atoms with E-state index in [0.29, 0.717) is 19.4 Å². The summed E-state index contributed by atoms with van der Waals surface area (Å²) in [5, 5.41) is 8.53. The number of hydrogen-bond donors (Lipinski definition) is 0. The average molecular weight is 226 g/mol. The topological polar surface area (TPSA) is 53.3 Å². The average Bonchev–Trinajstić information content (AvgIpc) is 2.25. The first kappa shape index (κ1) is 14.9. The van der Waals surface area contributed by atoms with Gasteiger partial charge in [-0.1, -0.05) is 0 Å². The van der Waals surface area contributed by atoms with Gasteiger partial charge in [-0.25, -0.2) is 0 Å². The molecule has 0 aliphatic rings. The van der Waals surface area contributed by atoms with Crippen molar-refractivity contribution >= 4 is 5.91 Å². The van der Waals surface area contributed by atoms with Crippen molar-refractivity contribution in [1.29, 1.82) is 5.26 Å². The van der Waals surface area contributed by atoms with Crippen LogP contribution in [0.1, 0.15) is 40.0 Å². The molecule has 0 saturated carbocycles. The molecule has 0 aromatic carbocycles. The van der Waals surface area contributed by atoms with Crippen molar-refractivity contribution in [3.8, 4) is 6.07 Å². The van der Waals surface area contributed by atoms with Gasteiger partial charge in [-0.05, 0) is 27.2 Å². The van der Waals surface area contributed by atoms with Crippen LogP contribution < -0.4 is 0 Å². The molecular weight excluding hydrogens is 204 g/mol. The fourth-order valence-electron chi connectivity index (χ4n) is 1.43. The van der Waals surface area contributed by atoms with E-state index in [1.54, 1.807) is 12.0 Å². The minimum atomic E-state index is 0.105. The Morgan fingerprint density at radius 2 is 2.06 bits per heavy atom. The van der Waals surface area contributed by atoms with Crippen molar-refractivity contribution in [3.63, 3.8) is 0 Å². The maximum Gasteiger partial charge on any atom is 0.222 e. The second-order valence-electron chi connectivity index (χ2n) is 4.17. The predicted molar refractivity (Wildman–Crippen MR) is 62.8 cm³/mol. The normalized spacial score (nSPS) is 12.2. The lowest BCUT2D eigenvalue weighted by atomic mass is 10.1. The van der Waals surface area contributed by atoms with Gasteiger partial charge in [0.05, 0.1) is 18.6 Å². The summed E-state index contributed by atoms with van der Waals surface area (Å²) in [6.07, 6.45) is 1.71. The Kier molecular flexibility index (Phi) is 7.57. The molecule has 0 fully saturated rings. The summed E-state index contributed by atoms with van der Waals surface area (Å²) in [5.74, 6) is 0.106. The maximum atomic E-state index is 11.9. The summed E-state index contributed by atoms with van der Waals surface area (Å²) in [5.41, 5.74) is 0. The molecule has 0 heterocycles. The summed E-state index contributed by atoms with van der Waals surface area (Å²) < 4.78 is 5.10. The van der Waals surface area contributed by atoms with Crippen LogP contribution in [0.4, 0.5) is 0 Å². The number of nitriles is 1. The zero-order chi connectivity index (χ0) is 12.6. The van der Waals surface area contributed by atoms with E-state index < -0.39 is 0 Å². The summed E-state index contributed by atoms with van der Waals surface area (Å²) >= 11 is 0. The van der Waals surface area contributed by atoms with Gasteiger partial charge in [-0.15, -0.1) is 0 Å². The summed E-state index contributed by atoms with van der Waals surface area (Å²) in [4.78, 5) is 13.6. The molecule has 0 aliphatic carbocycles. The standard InChI is InChI=1S/C12H22N2O2/c1-10(2)14(9-5-8-13)12(15)7-6-11(3)16-4/h10-11H,5-7,9H2,1-4H3. The Balaban J connectivity index is 4.13. The molecule has 92 valence electrons. The Morgan fingerprint density at radius 3 is 2.50 bits per heavy atom. The van der Waals surface area contributed by atoms with Gasteiger partial charge in [-0.3, -0.25) is 4.79 Å². The van der Waals surface area contributed by atoms with Crippen molar-refractivity contribution in [3.05, 3.63) is 0 Å². The molecule has 16 heavy (non-hydrogen) atoms. The van der Waals surface area contributed by atoms with E-state index in [9.17, 15) is 4.79 Å². The molecule has 0 aromatic heterocycles. The first-order valence-corrected chi connectivity index (χ1v) is 5.72. The van der Waals surface area contributed by atoms with Gasteiger partial charge in [0.2, 0.25) is 5.91 Å². The third-order valence-corrected chi connectivity index (χ3v) is 2.58. The predicted octanol–water partition coefficient (Wildman–Crippen LogP) is 1.95. The first-order valence-electron chi connectivity index (χ1n) is 5.72. The Hall–Kier alpha value is -1.08. The van der Waals surface area contributed by atoms with Gasteiger partial charge in [0.1, 0.15) is 0 Å². The van der Waals surface area contributed by atoms with E-state index in [1.165, 1.54) is 0 Å². The van der Waals surface area contributed by atoms with E-state index in [-0.39, 0.29) is 18.1 Å². The molecule has 0 N–H and O–H groups in total. The Morgan fingerprint density at radius 1 is 1.44 bits per heavy atom. The van der Waals surface area contributed by atoms with Crippen LogP contribution in [0.25, 0.3) is 0 Å². The van der Waals surface area contributed by atoms with Crippen molar-refractivity contribution in [2.24, 2.45) is 0 Å². The van der Waals surface area contributed by atoms with Gasteiger partial charge in [0.15, 0.2) is 0 Å². The molecule has 1 atom stereocenters. The molecule has 0 bridgehead atoms. The number of hydrogen-bond acceptors (Lipinski definition) is 3. The quantitative estimate of drug-likeness (QED) is 0.666. The van der Waals surface area contributed by atoms with Gasteiger partial charge in [-0.2, -0.15) is 5.26 Å². The molecule has 4 heteroatoms. The number of methoxy groups -OCH3 is 1. The highest BCUT2D eigenvalue weighted by Crippen LogP contribution is 2.07. The van der Waals surface area contributed by atoms with E-state index in [0.717, 1.165) is 6.42 Å². The molecule has 0 spiro atoms. The van der Waals surface area contributed by atoms with Crippen molar-refractivity contribution in [1.82, 2.24) is 4.90 Å². The summed E-state index contributed by atoms with van der Waals surface area (Å²) in [6.45, 7) is 6.40. The van der Waals surface area contributed by atoms with Crippen molar-refractivity contribution in [2.45, 2.75) is 52.2 Å². The summed E-state index contributed by atoms with van der Waals surface area (Å²) in [7, 11) is 1.64. The second-order valence-corrected chi connectivity index (χ2v) is 4.17. The molecule has 0 radical (unpaired) electrons. The fourth-order valence-corrected chi connectivity index (χ4v) is 1.43. The zero-order valence-electron chi connectivity index (χ0n) is 10.7. The van der Waals surface area contributed by atoms with Crippen LogP contribution in [0.15, 0.2) is 0 Å². The molecule has 0 aromatic rings. The summed E-state index contributed by atoms with van der Waals surface area (Å²) in [6, 6.07) is 2.22. The van der Waals surface area contributed by atoms with Crippen molar-refractivity contribution in [2.75, 3.05) is 13.7 Å². The van der Waals surface area contributed by atoms with E-state index in [4.69, 9.17) is 10.00 Å². The van der Waals surface area contributed by atoms with Crippen molar-refractivity contribution < 1.29 is 9.53 Å². The van der Waals surface area contributed by atoms with Gasteiger partial charge in [0, 0.05) is 26.1 Å². The highest BCUT2D eigenvalue weighted by Gasteiger charge is 2.16. The lowest BCUT2D eigenvalue weighted by Crippen LogP contribution is -2.37. The largest absolute Gasteiger partial charge is 0.382 e.